The minimum absolute atomic E-state index is 0.0620. The Morgan fingerprint density at radius 1 is 1.28 bits per heavy atom. The van der Waals surface area contributed by atoms with Gasteiger partial charge in [0.2, 0.25) is 0 Å². The van der Waals surface area contributed by atoms with Gasteiger partial charge in [0.25, 0.3) is 0 Å². The van der Waals surface area contributed by atoms with E-state index in [0.29, 0.717) is 18.2 Å². The fraction of sp³-hybridized carbons (Fsp3) is 0.469. The topological polar surface area (TPSA) is 51.0 Å². The van der Waals surface area contributed by atoms with E-state index in [1.807, 2.05) is 12.3 Å². The fourth-order valence-corrected chi connectivity index (χ4v) is 5.11. The smallest absolute Gasteiger partial charge is 0.0931 e. The van der Waals surface area contributed by atoms with Crippen LogP contribution in [0.3, 0.4) is 0 Å². The van der Waals surface area contributed by atoms with Crippen LogP contribution in [0.2, 0.25) is 0 Å². The molecule has 0 spiro atoms. The summed E-state index contributed by atoms with van der Waals surface area (Å²) < 4.78 is 11.1. The highest BCUT2D eigenvalue weighted by atomic mass is 16.5. The maximum atomic E-state index is 9.78. The van der Waals surface area contributed by atoms with E-state index < -0.39 is 6.10 Å². The van der Waals surface area contributed by atoms with Gasteiger partial charge < -0.3 is 14.6 Å². The third kappa shape index (κ3) is 7.40. The summed E-state index contributed by atoms with van der Waals surface area (Å²) in [5, 5.41) is 9.78. The second kappa shape index (κ2) is 12.5. The Hall–Kier alpha value is -2.71. The first-order valence-electron chi connectivity index (χ1n) is 13.1. The van der Waals surface area contributed by atoms with Gasteiger partial charge in [-0.1, -0.05) is 53.9 Å². The summed E-state index contributed by atoms with van der Waals surface area (Å²) in [6.45, 7) is 6.19. The molecule has 4 rings (SSSR count). The second-order valence-corrected chi connectivity index (χ2v) is 10.5. The van der Waals surface area contributed by atoms with Crippen LogP contribution in [0.4, 0.5) is 0 Å². The Kier molecular flexibility index (Phi) is 9.15. The van der Waals surface area contributed by atoms with E-state index >= 15 is 0 Å². The molecule has 4 heteroatoms. The maximum absolute atomic E-state index is 9.78. The molecular formula is C32H39NO3. The number of hydrogen-bond acceptors (Lipinski definition) is 4. The number of aliphatic imine (C=N–C) groups is 1. The molecule has 4 atom stereocenters. The van der Waals surface area contributed by atoms with Crippen LogP contribution in [0.1, 0.15) is 57.1 Å². The van der Waals surface area contributed by atoms with Crippen LogP contribution in [0.25, 0.3) is 5.57 Å². The van der Waals surface area contributed by atoms with Crippen molar-refractivity contribution in [2.45, 2.75) is 52.1 Å². The number of benzene rings is 1. The van der Waals surface area contributed by atoms with Crippen molar-refractivity contribution in [1.82, 2.24) is 0 Å². The quantitative estimate of drug-likeness (QED) is 0.287. The first kappa shape index (κ1) is 26.4. The molecule has 3 unspecified atom stereocenters. The molecule has 1 aliphatic carbocycles. The summed E-state index contributed by atoms with van der Waals surface area (Å²) in [6, 6.07) is 8.60. The number of aliphatic hydroxyl groups is 1. The van der Waals surface area contributed by atoms with Crippen molar-refractivity contribution in [1.29, 1.82) is 0 Å². The van der Waals surface area contributed by atoms with Gasteiger partial charge in [0, 0.05) is 36.8 Å². The SMILES string of the molecule is COCC/C=C1/CCC(C)(C#Cc2ccc(C3=CC(CC4C=CN=C([C@H](C)O)C=C4)COC3)cc2)C1. The largest absolute Gasteiger partial charge is 0.387 e. The lowest BCUT2D eigenvalue weighted by atomic mass is 9.88. The lowest BCUT2D eigenvalue weighted by Gasteiger charge is -2.23. The van der Waals surface area contributed by atoms with Crippen LogP contribution >= 0.6 is 0 Å². The van der Waals surface area contributed by atoms with Crippen molar-refractivity contribution in [3.8, 4) is 11.8 Å². The number of ether oxygens (including phenoxy) is 2. The summed E-state index contributed by atoms with van der Waals surface area (Å²) in [4.78, 5) is 4.33. The first-order chi connectivity index (χ1) is 17.4. The lowest BCUT2D eigenvalue weighted by molar-refractivity contribution is 0.126. The summed E-state index contributed by atoms with van der Waals surface area (Å²) in [6.07, 6.45) is 17.4. The van der Waals surface area contributed by atoms with Gasteiger partial charge in [-0.25, -0.2) is 0 Å². The monoisotopic (exact) mass is 485 g/mol. The van der Waals surface area contributed by atoms with Crippen LogP contribution in [-0.2, 0) is 9.47 Å². The minimum atomic E-state index is -0.553. The summed E-state index contributed by atoms with van der Waals surface area (Å²) in [5.74, 6) is 7.61. The van der Waals surface area contributed by atoms with Gasteiger partial charge >= 0.3 is 0 Å². The van der Waals surface area contributed by atoms with Gasteiger partial charge in [0.15, 0.2) is 0 Å². The molecule has 0 radical (unpaired) electrons. The van der Waals surface area contributed by atoms with E-state index in [9.17, 15) is 5.11 Å². The van der Waals surface area contributed by atoms with Crippen LogP contribution in [0, 0.1) is 29.1 Å². The summed E-state index contributed by atoms with van der Waals surface area (Å²) in [5.41, 5.74) is 5.78. The fourth-order valence-electron chi connectivity index (χ4n) is 5.11. The van der Waals surface area contributed by atoms with Gasteiger partial charge in [-0.2, -0.15) is 0 Å². The van der Waals surface area contributed by atoms with Crippen molar-refractivity contribution >= 4 is 11.3 Å². The third-order valence-electron chi connectivity index (χ3n) is 7.23. The van der Waals surface area contributed by atoms with Crippen molar-refractivity contribution < 1.29 is 14.6 Å². The molecule has 1 N–H and O–H groups in total. The van der Waals surface area contributed by atoms with E-state index in [2.05, 4.69) is 72.3 Å². The normalized spacial score (nSPS) is 27.7. The maximum Gasteiger partial charge on any atom is 0.0931 e. The minimum Gasteiger partial charge on any atom is -0.387 e. The van der Waals surface area contributed by atoms with E-state index in [1.54, 1.807) is 14.0 Å². The average Bonchev–Trinajstić information content (AvgIpc) is 3.09. The van der Waals surface area contributed by atoms with Crippen LogP contribution in [-0.4, -0.2) is 43.9 Å². The number of nitrogens with zero attached hydrogens (tertiary/aromatic N) is 1. The Balaban J connectivity index is 1.36. The Morgan fingerprint density at radius 3 is 2.89 bits per heavy atom. The average molecular weight is 486 g/mol. The highest BCUT2D eigenvalue weighted by Crippen LogP contribution is 2.40. The third-order valence-corrected chi connectivity index (χ3v) is 7.23. The predicted molar refractivity (Wildman–Crippen MR) is 148 cm³/mol. The van der Waals surface area contributed by atoms with Crippen molar-refractivity contribution in [3.05, 3.63) is 77.5 Å². The molecule has 36 heavy (non-hydrogen) atoms. The molecule has 1 aromatic carbocycles. The van der Waals surface area contributed by atoms with Crippen molar-refractivity contribution in [2.24, 2.45) is 22.2 Å². The molecule has 0 amide bonds. The number of methoxy groups -OCH3 is 1. The molecule has 1 fully saturated rings. The number of rotatable bonds is 7. The van der Waals surface area contributed by atoms with Crippen LogP contribution in [0.5, 0.6) is 0 Å². The Bertz CT molecular complexity index is 1110. The zero-order chi connectivity index (χ0) is 25.4. The zero-order valence-electron chi connectivity index (χ0n) is 21.9. The lowest BCUT2D eigenvalue weighted by Crippen LogP contribution is -2.18. The highest BCUT2D eigenvalue weighted by molar-refractivity contribution is 5.98. The van der Waals surface area contributed by atoms with Gasteiger partial charge in [-0.15, -0.1) is 0 Å². The van der Waals surface area contributed by atoms with E-state index in [4.69, 9.17) is 9.47 Å². The molecule has 1 aromatic rings. The second-order valence-electron chi connectivity index (χ2n) is 10.5. The Morgan fingerprint density at radius 2 is 2.11 bits per heavy atom. The predicted octanol–water partition coefficient (Wildman–Crippen LogP) is 6.13. The molecule has 1 saturated carbocycles. The standard InChI is InChI=1S/C32H39NO3/c1-24(34)31-11-8-26(14-17-33-31)19-28-20-30(23-36-22-28)29-9-6-25(7-10-29)12-15-32(2)16-13-27(21-32)5-4-18-35-3/h5-11,14,17,20,24,26,28,34H,4,13,16,18-19,21-23H2,1-3H3/b27-5-/t24-,26?,28?,32?/m0/s1. The molecule has 0 bridgehead atoms. The van der Waals surface area contributed by atoms with Crippen molar-refractivity contribution in [2.75, 3.05) is 26.9 Å². The number of aliphatic hydroxyl groups excluding tert-OH is 1. The van der Waals surface area contributed by atoms with E-state index in [-0.39, 0.29) is 11.3 Å². The molecule has 4 nitrogen and oxygen atoms in total. The molecule has 2 heterocycles. The van der Waals surface area contributed by atoms with E-state index in [1.165, 1.54) is 16.7 Å². The first-order valence-corrected chi connectivity index (χ1v) is 13.1. The molecule has 0 saturated heterocycles. The number of allylic oxidation sites excluding steroid dienone is 3. The molecule has 3 aliphatic rings. The van der Waals surface area contributed by atoms with Gasteiger partial charge in [0.05, 0.1) is 25.0 Å². The van der Waals surface area contributed by atoms with Crippen LogP contribution in [0.15, 0.2) is 71.4 Å². The molecular weight excluding hydrogens is 446 g/mol. The van der Waals surface area contributed by atoms with E-state index in [0.717, 1.165) is 50.9 Å². The summed E-state index contributed by atoms with van der Waals surface area (Å²) >= 11 is 0. The molecule has 2 aliphatic heterocycles. The number of hydrogen-bond donors (Lipinski definition) is 1. The summed E-state index contributed by atoms with van der Waals surface area (Å²) in [7, 11) is 1.75. The van der Waals surface area contributed by atoms with Crippen LogP contribution < -0.4 is 0 Å². The molecule has 0 aromatic heterocycles. The Labute approximate surface area is 216 Å². The molecule has 190 valence electrons. The van der Waals surface area contributed by atoms with Gasteiger partial charge in [0.1, 0.15) is 0 Å². The zero-order valence-corrected chi connectivity index (χ0v) is 21.9. The van der Waals surface area contributed by atoms with Crippen molar-refractivity contribution in [3.63, 3.8) is 0 Å². The van der Waals surface area contributed by atoms with Gasteiger partial charge in [-0.3, -0.25) is 4.99 Å². The highest BCUT2D eigenvalue weighted by Gasteiger charge is 2.29. The van der Waals surface area contributed by atoms with Gasteiger partial charge in [-0.05, 0) is 81.2 Å².